The maximum atomic E-state index is 11.8. The highest BCUT2D eigenvalue weighted by Crippen LogP contribution is 2.06. The molecule has 6 nitrogen and oxygen atoms in total. The summed E-state index contributed by atoms with van der Waals surface area (Å²) in [5.41, 5.74) is 6.85. The molecule has 1 aromatic carbocycles. The van der Waals surface area contributed by atoms with Gasteiger partial charge in [-0.05, 0) is 30.0 Å². The van der Waals surface area contributed by atoms with Crippen LogP contribution < -0.4 is 10.9 Å². The molecule has 0 atom stereocenters. The number of amides is 2. The Morgan fingerprint density at radius 3 is 1.60 bits per heavy atom. The summed E-state index contributed by atoms with van der Waals surface area (Å²) in [6.07, 6.45) is 15.4. The average molecular weight is 415 g/mol. The smallest absolute Gasteiger partial charge is 0.240 e. The molecule has 0 fully saturated rings. The topological polar surface area (TPSA) is 82.9 Å². The Bertz CT molecular complexity index is 618. The summed E-state index contributed by atoms with van der Waals surface area (Å²) in [6, 6.07) is 7.56. The number of hydrogen-bond acceptors (Lipinski definition) is 4. The zero-order chi connectivity index (χ0) is 21.9. The number of nitrogens with zero attached hydrogens (tertiary/aromatic N) is 2. The van der Waals surface area contributed by atoms with Crippen molar-refractivity contribution in [2.45, 2.75) is 90.9 Å². The van der Waals surface area contributed by atoms with Crippen LogP contribution in [0.25, 0.3) is 0 Å². The van der Waals surface area contributed by atoms with Gasteiger partial charge in [0.2, 0.25) is 11.8 Å². The third kappa shape index (κ3) is 13.6. The highest BCUT2D eigenvalue weighted by molar-refractivity contribution is 5.87. The average Bonchev–Trinajstić information content (AvgIpc) is 2.74. The lowest BCUT2D eigenvalue weighted by Crippen LogP contribution is -2.17. The van der Waals surface area contributed by atoms with Gasteiger partial charge in [0, 0.05) is 12.8 Å². The summed E-state index contributed by atoms with van der Waals surface area (Å²) >= 11 is 0. The zero-order valence-corrected chi connectivity index (χ0v) is 18.7. The molecule has 1 rings (SSSR count). The Labute approximate surface area is 181 Å². The van der Waals surface area contributed by atoms with Crippen LogP contribution in [-0.4, -0.2) is 24.2 Å². The first kappa shape index (κ1) is 25.5. The van der Waals surface area contributed by atoms with Crippen LogP contribution in [0.4, 0.5) is 0 Å². The predicted octanol–water partition coefficient (Wildman–Crippen LogP) is 5.31. The minimum absolute atomic E-state index is 0.0575. The maximum Gasteiger partial charge on any atom is 0.240 e. The number of nitrogens with one attached hydrogen (secondary N) is 2. The van der Waals surface area contributed by atoms with Crippen LogP contribution in [0.1, 0.15) is 102 Å². The second-order valence-corrected chi connectivity index (χ2v) is 7.58. The van der Waals surface area contributed by atoms with Gasteiger partial charge in [0.1, 0.15) is 0 Å². The fourth-order valence-corrected chi connectivity index (χ4v) is 2.97. The van der Waals surface area contributed by atoms with Gasteiger partial charge in [-0.1, -0.05) is 83.4 Å². The number of benzene rings is 1. The Kier molecular flexibility index (Phi) is 14.8. The molecular weight excluding hydrogens is 376 g/mol. The van der Waals surface area contributed by atoms with Crippen molar-refractivity contribution in [2.75, 3.05) is 0 Å². The first-order chi connectivity index (χ1) is 14.7. The normalized spacial score (nSPS) is 11.3. The Morgan fingerprint density at radius 1 is 0.733 bits per heavy atom. The molecule has 0 aliphatic carbocycles. The molecular formula is C24H38N4O2. The van der Waals surface area contributed by atoms with Crippen molar-refractivity contribution in [3.8, 4) is 0 Å². The van der Waals surface area contributed by atoms with Crippen molar-refractivity contribution >= 4 is 24.2 Å². The molecule has 0 saturated heterocycles. The Balaban J connectivity index is 2.31. The van der Waals surface area contributed by atoms with Crippen LogP contribution in [0.2, 0.25) is 0 Å². The summed E-state index contributed by atoms with van der Waals surface area (Å²) in [5, 5.41) is 8.04. The van der Waals surface area contributed by atoms with E-state index in [1.807, 2.05) is 24.3 Å². The number of hydrazone groups is 2. The fourth-order valence-electron chi connectivity index (χ4n) is 2.97. The van der Waals surface area contributed by atoms with Gasteiger partial charge in [-0.3, -0.25) is 9.59 Å². The van der Waals surface area contributed by atoms with Gasteiger partial charge in [-0.2, -0.15) is 10.2 Å². The molecule has 0 spiro atoms. The molecule has 166 valence electrons. The molecule has 30 heavy (non-hydrogen) atoms. The number of rotatable bonds is 16. The molecule has 0 aliphatic heterocycles. The van der Waals surface area contributed by atoms with E-state index >= 15 is 0 Å². The standard InChI is InChI=1S/C24H38N4O2/c1-3-5-7-9-11-16-23(29)27-25-19-21-14-13-15-22(18-21)20-26-28-24(30)17-12-10-8-6-4-2/h13-15,18-20H,3-12,16-17H2,1-2H3,(H,27,29)(H,28,30). The molecule has 0 aliphatic rings. The lowest BCUT2D eigenvalue weighted by atomic mass is 10.1. The lowest BCUT2D eigenvalue weighted by molar-refractivity contribution is -0.122. The summed E-state index contributed by atoms with van der Waals surface area (Å²) in [7, 11) is 0. The summed E-state index contributed by atoms with van der Waals surface area (Å²) in [4.78, 5) is 23.6. The second kappa shape index (κ2) is 17.4. The van der Waals surface area contributed by atoms with Crippen LogP contribution >= 0.6 is 0 Å². The van der Waals surface area contributed by atoms with E-state index in [0.717, 1.165) is 36.8 Å². The molecule has 0 radical (unpaired) electrons. The predicted molar refractivity (Wildman–Crippen MR) is 125 cm³/mol. The molecule has 0 heterocycles. The summed E-state index contributed by atoms with van der Waals surface area (Å²) < 4.78 is 0. The van der Waals surface area contributed by atoms with E-state index in [9.17, 15) is 9.59 Å². The number of carbonyl (C=O) groups is 2. The minimum Gasteiger partial charge on any atom is -0.273 e. The molecule has 2 amide bonds. The van der Waals surface area contributed by atoms with Gasteiger partial charge < -0.3 is 0 Å². The van der Waals surface area contributed by atoms with Crippen molar-refractivity contribution in [3.63, 3.8) is 0 Å². The van der Waals surface area contributed by atoms with Crippen LogP contribution in [0.15, 0.2) is 34.5 Å². The quantitative estimate of drug-likeness (QED) is 0.218. The highest BCUT2D eigenvalue weighted by atomic mass is 16.2. The van der Waals surface area contributed by atoms with E-state index in [4.69, 9.17) is 0 Å². The van der Waals surface area contributed by atoms with E-state index in [0.29, 0.717) is 12.8 Å². The van der Waals surface area contributed by atoms with Crippen molar-refractivity contribution in [1.29, 1.82) is 0 Å². The summed E-state index contributed by atoms with van der Waals surface area (Å²) in [6.45, 7) is 4.35. The number of hydrogen-bond donors (Lipinski definition) is 2. The SMILES string of the molecule is CCCCCCCC(=O)NN=Cc1cccc(C=NNC(=O)CCCCCCC)c1. The zero-order valence-electron chi connectivity index (χ0n) is 18.7. The van der Waals surface area contributed by atoms with Gasteiger partial charge in [0.05, 0.1) is 12.4 Å². The monoisotopic (exact) mass is 414 g/mol. The maximum absolute atomic E-state index is 11.8. The Morgan fingerprint density at radius 2 is 1.17 bits per heavy atom. The van der Waals surface area contributed by atoms with E-state index in [2.05, 4.69) is 34.9 Å². The molecule has 0 unspecified atom stereocenters. The molecule has 0 bridgehead atoms. The van der Waals surface area contributed by atoms with Crippen molar-refractivity contribution in [1.82, 2.24) is 10.9 Å². The van der Waals surface area contributed by atoms with Crippen molar-refractivity contribution in [2.24, 2.45) is 10.2 Å². The molecule has 2 N–H and O–H groups in total. The first-order valence-electron chi connectivity index (χ1n) is 11.4. The second-order valence-electron chi connectivity index (χ2n) is 7.58. The van der Waals surface area contributed by atoms with Gasteiger partial charge in [-0.15, -0.1) is 0 Å². The van der Waals surface area contributed by atoms with Crippen molar-refractivity contribution < 1.29 is 9.59 Å². The van der Waals surface area contributed by atoms with E-state index in [1.54, 1.807) is 12.4 Å². The minimum atomic E-state index is -0.0575. The molecule has 0 saturated carbocycles. The highest BCUT2D eigenvalue weighted by Gasteiger charge is 2.00. The van der Waals surface area contributed by atoms with Gasteiger partial charge >= 0.3 is 0 Å². The van der Waals surface area contributed by atoms with Gasteiger partial charge in [0.15, 0.2) is 0 Å². The molecule has 6 heteroatoms. The molecule has 0 aromatic heterocycles. The van der Waals surface area contributed by atoms with Gasteiger partial charge in [0.25, 0.3) is 0 Å². The first-order valence-corrected chi connectivity index (χ1v) is 11.4. The summed E-state index contributed by atoms with van der Waals surface area (Å²) in [5.74, 6) is -0.115. The fraction of sp³-hybridized carbons (Fsp3) is 0.583. The number of unbranched alkanes of at least 4 members (excludes halogenated alkanes) is 8. The van der Waals surface area contributed by atoms with Crippen LogP contribution in [0.3, 0.4) is 0 Å². The largest absolute Gasteiger partial charge is 0.273 e. The van der Waals surface area contributed by atoms with Crippen molar-refractivity contribution in [3.05, 3.63) is 35.4 Å². The lowest BCUT2D eigenvalue weighted by Gasteiger charge is -2.01. The van der Waals surface area contributed by atoms with Crippen LogP contribution in [-0.2, 0) is 9.59 Å². The van der Waals surface area contributed by atoms with Crippen LogP contribution in [0.5, 0.6) is 0 Å². The van der Waals surface area contributed by atoms with E-state index < -0.39 is 0 Å². The Hall–Kier alpha value is -2.50. The van der Waals surface area contributed by atoms with E-state index in [-0.39, 0.29) is 11.8 Å². The molecule has 1 aromatic rings. The van der Waals surface area contributed by atoms with E-state index in [1.165, 1.54) is 38.5 Å². The number of carbonyl (C=O) groups excluding carboxylic acids is 2. The third-order valence-corrected chi connectivity index (χ3v) is 4.73. The van der Waals surface area contributed by atoms with Crippen LogP contribution in [0, 0.1) is 0 Å². The third-order valence-electron chi connectivity index (χ3n) is 4.73. The van der Waals surface area contributed by atoms with Gasteiger partial charge in [-0.25, -0.2) is 10.9 Å².